The van der Waals surface area contributed by atoms with E-state index in [2.05, 4.69) is 32.0 Å². The Balaban J connectivity index is 0.00000441. The zero-order valence-electron chi connectivity index (χ0n) is 14.6. The molecule has 1 aromatic rings. The number of hydrogen-bond acceptors (Lipinski definition) is 2. The van der Waals surface area contributed by atoms with Crippen molar-refractivity contribution in [3.63, 3.8) is 0 Å². The van der Waals surface area contributed by atoms with Gasteiger partial charge >= 0.3 is 0 Å². The summed E-state index contributed by atoms with van der Waals surface area (Å²) < 4.78 is 0. The summed E-state index contributed by atoms with van der Waals surface area (Å²) in [6.45, 7) is 4.40. The number of carboxylic acids is 1. The second-order valence-electron chi connectivity index (χ2n) is 6.00. The van der Waals surface area contributed by atoms with E-state index in [0.717, 1.165) is 25.7 Å². The summed E-state index contributed by atoms with van der Waals surface area (Å²) in [6.07, 6.45) is 10.4. The van der Waals surface area contributed by atoms with Crippen LogP contribution in [0.1, 0.15) is 75.0 Å². The first-order valence-corrected chi connectivity index (χ1v) is 8.41. The molecule has 0 aliphatic carbocycles. The van der Waals surface area contributed by atoms with Crippen LogP contribution in [-0.4, -0.2) is 5.97 Å². The van der Waals surface area contributed by atoms with Crippen molar-refractivity contribution in [2.75, 3.05) is 0 Å². The van der Waals surface area contributed by atoms with Gasteiger partial charge in [0.1, 0.15) is 0 Å². The fourth-order valence-corrected chi connectivity index (χ4v) is 2.67. The fourth-order valence-electron chi connectivity index (χ4n) is 2.67. The van der Waals surface area contributed by atoms with E-state index in [1.54, 1.807) is 0 Å². The van der Waals surface area contributed by atoms with Crippen LogP contribution >= 0.6 is 0 Å². The molecule has 1 aromatic carbocycles. The van der Waals surface area contributed by atoms with Gasteiger partial charge in [0.25, 0.3) is 0 Å². The van der Waals surface area contributed by atoms with Gasteiger partial charge < -0.3 is 16.1 Å². The predicted octanol–water partition coefficient (Wildman–Crippen LogP) is 4.35. The Labute approximate surface area is 135 Å². The van der Waals surface area contributed by atoms with Crippen molar-refractivity contribution in [3.05, 3.63) is 34.9 Å². The molecule has 3 nitrogen and oxygen atoms in total. The van der Waals surface area contributed by atoms with Gasteiger partial charge in [-0.15, -0.1) is 0 Å². The summed E-state index contributed by atoms with van der Waals surface area (Å²) in [7, 11) is 0. The first-order valence-electron chi connectivity index (χ1n) is 8.41. The lowest BCUT2D eigenvalue weighted by molar-refractivity contribution is -0.305. The summed E-state index contributed by atoms with van der Waals surface area (Å²) in [5.41, 5.74) is 4.23. The van der Waals surface area contributed by atoms with Crippen molar-refractivity contribution in [2.45, 2.75) is 78.1 Å². The first kappa shape index (κ1) is 20.6. The van der Waals surface area contributed by atoms with Gasteiger partial charge in [0.05, 0.1) is 0 Å². The minimum absolute atomic E-state index is 0. The third-order valence-electron chi connectivity index (χ3n) is 4.06. The second-order valence-corrected chi connectivity index (χ2v) is 6.00. The maximum absolute atomic E-state index is 10.4. The van der Waals surface area contributed by atoms with Gasteiger partial charge in [0.2, 0.25) is 0 Å². The molecule has 3 heteroatoms. The highest BCUT2D eigenvalue weighted by Gasteiger charge is 2.01. The van der Waals surface area contributed by atoms with Gasteiger partial charge in [0.15, 0.2) is 0 Å². The molecule has 0 saturated carbocycles. The van der Waals surface area contributed by atoms with E-state index < -0.39 is 5.97 Å². The van der Waals surface area contributed by atoms with Crippen molar-refractivity contribution in [1.82, 2.24) is 6.15 Å². The van der Waals surface area contributed by atoms with Crippen molar-refractivity contribution in [2.24, 2.45) is 0 Å². The van der Waals surface area contributed by atoms with Gasteiger partial charge in [-0.3, -0.25) is 0 Å². The monoisotopic (exact) mass is 307 g/mol. The molecule has 0 heterocycles. The Morgan fingerprint density at radius 1 is 1.00 bits per heavy atom. The first-order chi connectivity index (χ1) is 10.1. The summed E-state index contributed by atoms with van der Waals surface area (Å²) in [5, 5.41) is 10.4. The number of rotatable bonds is 11. The summed E-state index contributed by atoms with van der Waals surface area (Å²) in [6, 6.07) is 6.83. The fraction of sp³-hybridized carbons (Fsp3) is 0.632. The second kappa shape index (κ2) is 12.2. The average molecular weight is 307 g/mol. The Bertz CT molecular complexity index is 429. The van der Waals surface area contributed by atoms with E-state index >= 15 is 0 Å². The molecule has 0 unspecified atom stereocenters. The molecule has 126 valence electrons. The Morgan fingerprint density at radius 3 is 2.36 bits per heavy atom. The number of carboxylic acid groups (broad SMARTS) is 1. The zero-order valence-corrected chi connectivity index (χ0v) is 14.6. The molecule has 0 bridgehead atoms. The number of quaternary nitrogens is 1. The van der Waals surface area contributed by atoms with Crippen molar-refractivity contribution in [3.8, 4) is 0 Å². The predicted molar refractivity (Wildman–Crippen MR) is 92.2 cm³/mol. The van der Waals surface area contributed by atoms with E-state index in [9.17, 15) is 9.90 Å². The molecule has 1 rings (SSSR count). The molecule has 0 spiro atoms. The maximum atomic E-state index is 10.4. The third kappa shape index (κ3) is 8.83. The lowest BCUT2D eigenvalue weighted by Gasteiger charge is -2.09. The minimum atomic E-state index is -0.930. The van der Waals surface area contributed by atoms with E-state index in [1.165, 1.54) is 48.8 Å². The van der Waals surface area contributed by atoms with E-state index in [4.69, 9.17) is 0 Å². The Hall–Kier alpha value is -1.35. The number of unbranched alkanes of at least 4 members (excludes halogenated alkanes) is 5. The van der Waals surface area contributed by atoms with Crippen LogP contribution < -0.4 is 11.3 Å². The van der Waals surface area contributed by atoms with Crippen molar-refractivity contribution >= 4 is 5.97 Å². The quantitative estimate of drug-likeness (QED) is 0.617. The van der Waals surface area contributed by atoms with Crippen molar-refractivity contribution < 1.29 is 9.90 Å². The molecule has 0 radical (unpaired) electrons. The standard InChI is InChI=1S/C19H30O2.H3N/c1-3-4-5-7-10-17-14-13-16(2)18(15-17)11-8-6-9-12-19(20)21;/h13-15H,3-12H2,1-2H3,(H,20,21);1H3. The van der Waals surface area contributed by atoms with Gasteiger partial charge in [-0.05, 0) is 62.1 Å². The van der Waals surface area contributed by atoms with Crippen molar-refractivity contribution in [1.29, 1.82) is 0 Å². The molecule has 0 fully saturated rings. The smallest absolute Gasteiger partial charge is 0.0414 e. The van der Waals surface area contributed by atoms with Crippen LogP contribution in [0.15, 0.2) is 18.2 Å². The maximum Gasteiger partial charge on any atom is 0.0414 e. The molecule has 4 N–H and O–H groups in total. The SMILES string of the molecule is CCCCCCc1ccc(C)c(CCCCCC(=O)[O-])c1.[NH4+]. The number of aryl methyl sites for hydroxylation is 3. The molecule has 0 atom stereocenters. The zero-order chi connectivity index (χ0) is 15.5. The van der Waals surface area contributed by atoms with Gasteiger partial charge in [-0.1, -0.05) is 50.8 Å². The normalized spacial score (nSPS) is 10.3. The van der Waals surface area contributed by atoms with Gasteiger partial charge in [-0.2, -0.15) is 0 Å². The Morgan fingerprint density at radius 2 is 1.68 bits per heavy atom. The number of benzene rings is 1. The molecular formula is C19H33NO2. The molecule has 0 saturated heterocycles. The van der Waals surface area contributed by atoms with E-state index in [-0.39, 0.29) is 12.6 Å². The lowest BCUT2D eigenvalue weighted by atomic mass is 9.97. The number of carbonyl (C=O) groups is 1. The minimum Gasteiger partial charge on any atom is -0.550 e. The van der Waals surface area contributed by atoms with Crippen LogP contribution in [0.4, 0.5) is 0 Å². The highest BCUT2D eigenvalue weighted by molar-refractivity contribution is 5.64. The van der Waals surface area contributed by atoms with Crippen LogP contribution in [0.3, 0.4) is 0 Å². The van der Waals surface area contributed by atoms with Gasteiger partial charge in [0, 0.05) is 5.97 Å². The Kier molecular flexibility index (Phi) is 11.5. The van der Waals surface area contributed by atoms with Crippen LogP contribution in [0.25, 0.3) is 0 Å². The van der Waals surface area contributed by atoms with E-state index in [1.807, 2.05) is 0 Å². The van der Waals surface area contributed by atoms with Crippen LogP contribution in [-0.2, 0) is 17.6 Å². The van der Waals surface area contributed by atoms with Crippen LogP contribution in [0.2, 0.25) is 0 Å². The summed E-state index contributed by atoms with van der Waals surface area (Å²) in [5.74, 6) is -0.930. The number of hydrogen-bond donors (Lipinski definition) is 1. The highest BCUT2D eigenvalue weighted by Crippen LogP contribution is 2.17. The summed E-state index contributed by atoms with van der Waals surface area (Å²) in [4.78, 5) is 10.4. The highest BCUT2D eigenvalue weighted by atomic mass is 16.4. The number of aliphatic carboxylic acids is 1. The molecule has 0 aliphatic rings. The molecular weight excluding hydrogens is 274 g/mol. The third-order valence-corrected chi connectivity index (χ3v) is 4.06. The molecule has 0 amide bonds. The van der Waals surface area contributed by atoms with E-state index in [0.29, 0.717) is 0 Å². The lowest BCUT2D eigenvalue weighted by Crippen LogP contribution is -2.21. The molecule has 0 aromatic heterocycles. The van der Waals surface area contributed by atoms with Crippen LogP contribution in [0, 0.1) is 6.92 Å². The number of carbonyl (C=O) groups excluding carboxylic acids is 1. The molecule has 0 aliphatic heterocycles. The largest absolute Gasteiger partial charge is 0.550 e. The topological polar surface area (TPSA) is 76.6 Å². The molecule has 22 heavy (non-hydrogen) atoms. The van der Waals surface area contributed by atoms with Crippen LogP contribution in [0.5, 0.6) is 0 Å². The average Bonchev–Trinajstić information content (AvgIpc) is 2.45. The van der Waals surface area contributed by atoms with Gasteiger partial charge in [-0.25, -0.2) is 0 Å². The summed E-state index contributed by atoms with van der Waals surface area (Å²) >= 11 is 0.